The maximum atomic E-state index is 12.0. The average Bonchev–Trinajstić information content (AvgIpc) is 2.45. The van der Waals surface area contributed by atoms with Crippen LogP contribution >= 0.6 is 0 Å². The smallest absolute Gasteiger partial charge is 0.410 e. The van der Waals surface area contributed by atoms with E-state index in [1.807, 2.05) is 20.8 Å². The van der Waals surface area contributed by atoms with Crippen molar-refractivity contribution in [2.75, 3.05) is 26.2 Å². The fourth-order valence-corrected chi connectivity index (χ4v) is 2.42. The zero-order chi connectivity index (χ0) is 17.5. The highest BCUT2D eigenvalue weighted by Crippen LogP contribution is 2.17. The molecule has 1 aliphatic heterocycles. The molecule has 1 atom stereocenters. The van der Waals surface area contributed by atoms with Gasteiger partial charge in [-0.05, 0) is 59.4 Å². The number of likely N-dealkylation sites (tertiary alicyclic amines) is 1. The summed E-state index contributed by atoms with van der Waals surface area (Å²) < 4.78 is 11.3. The van der Waals surface area contributed by atoms with Gasteiger partial charge in [0.1, 0.15) is 5.60 Å². The maximum Gasteiger partial charge on any atom is 0.410 e. The molecular formula is C18H36N2O3. The number of ether oxygens (including phenoxy) is 2. The number of nitrogens with zero attached hydrogens (tertiary/aromatic N) is 1. The Morgan fingerprint density at radius 1 is 1.22 bits per heavy atom. The van der Waals surface area contributed by atoms with E-state index in [2.05, 4.69) is 26.1 Å². The number of rotatable bonds is 7. The Kier molecular flexibility index (Phi) is 8.34. The van der Waals surface area contributed by atoms with Crippen LogP contribution < -0.4 is 5.32 Å². The number of hydrogen-bond donors (Lipinski definition) is 1. The third-order valence-corrected chi connectivity index (χ3v) is 4.23. The Bertz CT molecular complexity index is 345. The molecule has 1 fully saturated rings. The van der Waals surface area contributed by atoms with Crippen molar-refractivity contribution in [1.29, 1.82) is 0 Å². The Morgan fingerprint density at radius 3 is 2.35 bits per heavy atom. The lowest BCUT2D eigenvalue weighted by molar-refractivity contribution is -0.0118. The number of carbonyl (C=O) groups is 1. The predicted molar refractivity (Wildman–Crippen MR) is 93.7 cm³/mol. The van der Waals surface area contributed by atoms with Gasteiger partial charge in [-0.2, -0.15) is 0 Å². The molecule has 0 radical (unpaired) electrons. The van der Waals surface area contributed by atoms with Crippen LogP contribution in [0.2, 0.25) is 0 Å². The van der Waals surface area contributed by atoms with Crippen LogP contribution in [-0.4, -0.2) is 55.0 Å². The fourth-order valence-electron chi connectivity index (χ4n) is 2.42. The van der Waals surface area contributed by atoms with Crippen LogP contribution in [0.3, 0.4) is 0 Å². The van der Waals surface area contributed by atoms with Gasteiger partial charge < -0.3 is 19.7 Å². The Hall–Kier alpha value is -0.810. The summed E-state index contributed by atoms with van der Waals surface area (Å²) in [7, 11) is 0. The van der Waals surface area contributed by atoms with Crippen molar-refractivity contribution < 1.29 is 14.3 Å². The average molecular weight is 328 g/mol. The molecule has 0 aliphatic carbocycles. The minimum Gasteiger partial charge on any atom is -0.444 e. The third-order valence-electron chi connectivity index (χ3n) is 4.23. The first-order valence-electron chi connectivity index (χ1n) is 9.02. The van der Waals surface area contributed by atoms with Crippen molar-refractivity contribution in [3.63, 3.8) is 0 Å². The zero-order valence-corrected chi connectivity index (χ0v) is 15.9. The topological polar surface area (TPSA) is 50.8 Å². The second-order valence-corrected chi connectivity index (χ2v) is 7.88. The largest absolute Gasteiger partial charge is 0.444 e. The molecule has 1 N–H and O–H groups in total. The molecule has 5 heteroatoms. The predicted octanol–water partition coefficient (Wildman–Crippen LogP) is 3.43. The van der Waals surface area contributed by atoms with Crippen molar-refractivity contribution in [3.05, 3.63) is 0 Å². The van der Waals surface area contributed by atoms with Gasteiger partial charge >= 0.3 is 6.09 Å². The van der Waals surface area contributed by atoms with Crippen LogP contribution in [0.5, 0.6) is 0 Å². The van der Waals surface area contributed by atoms with E-state index in [1.54, 1.807) is 4.90 Å². The molecule has 0 saturated carbocycles. The van der Waals surface area contributed by atoms with E-state index in [4.69, 9.17) is 9.47 Å². The molecule has 0 spiro atoms. The van der Waals surface area contributed by atoms with Gasteiger partial charge in [-0.15, -0.1) is 0 Å². The highest BCUT2D eigenvalue weighted by Gasteiger charge is 2.26. The van der Waals surface area contributed by atoms with Crippen molar-refractivity contribution in [2.24, 2.45) is 5.92 Å². The normalized spacial score (nSPS) is 18.3. The highest BCUT2D eigenvalue weighted by atomic mass is 16.6. The van der Waals surface area contributed by atoms with Crippen LogP contribution in [0.1, 0.15) is 60.8 Å². The van der Waals surface area contributed by atoms with Gasteiger partial charge in [0.05, 0.1) is 6.10 Å². The first kappa shape index (κ1) is 20.2. The van der Waals surface area contributed by atoms with Crippen molar-refractivity contribution in [3.8, 4) is 0 Å². The van der Waals surface area contributed by atoms with Crippen LogP contribution in [0, 0.1) is 5.92 Å². The van der Waals surface area contributed by atoms with Gasteiger partial charge in [-0.1, -0.05) is 13.8 Å². The molecule has 1 saturated heterocycles. The first-order valence-corrected chi connectivity index (χ1v) is 9.02. The molecule has 0 bridgehead atoms. The highest BCUT2D eigenvalue weighted by molar-refractivity contribution is 5.68. The van der Waals surface area contributed by atoms with E-state index in [1.165, 1.54) is 0 Å². The second-order valence-electron chi connectivity index (χ2n) is 7.88. The van der Waals surface area contributed by atoms with Crippen LogP contribution in [0.15, 0.2) is 0 Å². The fraction of sp³-hybridized carbons (Fsp3) is 0.944. The molecule has 136 valence electrons. The third kappa shape index (κ3) is 8.56. The van der Waals surface area contributed by atoms with E-state index in [-0.39, 0.29) is 12.2 Å². The Morgan fingerprint density at radius 2 is 1.83 bits per heavy atom. The summed E-state index contributed by atoms with van der Waals surface area (Å²) in [6.07, 6.45) is 2.90. The minimum absolute atomic E-state index is 0.206. The SMILES string of the molecule is CC(C)C(C)NCCCOC1CCN(C(=O)OC(C)(C)C)CC1. The molecule has 23 heavy (non-hydrogen) atoms. The zero-order valence-electron chi connectivity index (χ0n) is 15.9. The van der Waals surface area contributed by atoms with E-state index >= 15 is 0 Å². The number of amides is 1. The Labute approximate surface area is 142 Å². The van der Waals surface area contributed by atoms with Gasteiger partial charge in [-0.25, -0.2) is 4.79 Å². The maximum absolute atomic E-state index is 12.0. The summed E-state index contributed by atoms with van der Waals surface area (Å²) >= 11 is 0. The van der Waals surface area contributed by atoms with Gasteiger partial charge in [-0.3, -0.25) is 0 Å². The summed E-state index contributed by atoms with van der Waals surface area (Å²) in [6, 6.07) is 0.548. The van der Waals surface area contributed by atoms with Crippen molar-refractivity contribution >= 4 is 6.09 Å². The number of carbonyl (C=O) groups excluding carboxylic acids is 1. The molecule has 0 aromatic rings. The number of hydrogen-bond acceptors (Lipinski definition) is 4. The molecule has 1 rings (SSSR count). The van der Waals surface area contributed by atoms with Gasteiger partial charge in [0, 0.05) is 25.7 Å². The molecule has 0 aromatic carbocycles. The number of piperidine rings is 1. The first-order chi connectivity index (χ1) is 10.7. The van der Waals surface area contributed by atoms with E-state index in [0.717, 1.165) is 45.5 Å². The summed E-state index contributed by atoms with van der Waals surface area (Å²) in [6.45, 7) is 15.6. The second kappa shape index (κ2) is 9.48. The van der Waals surface area contributed by atoms with Gasteiger partial charge in [0.2, 0.25) is 0 Å². The van der Waals surface area contributed by atoms with Gasteiger partial charge in [0.25, 0.3) is 0 Å². The van der Waals surface area contributed by atoms with Crippen LogP contribution in [-0.2, 0) is 9.47 Å². The lowest BCUT2D eigenvalue weighted by Gasteiger charge is -2.33. The van der Waals surface area contributed by atoms with E-state index < -0.39 is 5.60 Å². The molecular weight excluding hydrogens is 292 g/mol. The van der Waals surface area contributed by atoms with Crippen molar-refractivity contribution in [1.82, 2.24) is 10.2 Å². The quantitative estimate of drug-likeness (QED) is 0.728. The molecule has 1 amide bonds. The summed E-state index contributed by atoms with van der Waals surface area (Å²) in [5, 5.41) is 3.51. The minimum atomic E-state index is -0.426. The molecule has 0 aromatic heterocycles. The molecule has 1 unspecified atom stereocenters. The summed E-state index contributed by atoms with van der Waals surface area (Å²) in [5.74, 6) is 0.660. The van der Waals surface area contributed by atoms with Gasteiger partial charge in [0.15, 0.2) is 0 Å². The molecule has 5 nitrogen and oxygen atoms in total. The summed E-state index contributed by atoms with van der Waals surface area (Å²) in [4.78, 5) is 13.8. The van der Waals surface area contributed by atoms with Crippen LogP contribution in [0.4, 0.5) is 4.79 Å². The van der Waals surface area contributed by atoms with Crippen LogP contribution in [0.25, 0.3) is 0 Å². The summed E-state index contributed by atoms with van der Waals surface area (Å²) in [5.41, 5.74) is -0.426. The van der Waals surface area contributed by atoms with E-state index in [0.29, 0.717) is 12.0 Å². The lowest BCUT2D eigenvalue weighted by atomic mass is 10.1. The molecule has 1 heterocycles. The number of nitrogens with one attached hydrogen (secondary N) is 1. The van der Waals surface area contributed by atoms with Crippen molar-refractivity contribution in [2.45, 2.75) is 78.6 Å². The molecule has 1 aliphatic rings. The van der Waals surface area contributed by atoms with E-state index in [9.17, 15) is 4.79 Å². The monoisotopic (exact) mass is 328 g/mol. The Balaban J connectivity index is 2.11. The standard InChI is InChI=1S/C18H36N2O3/c1-14(2)15(3)19-10-7-13-22-16-8-11-20(12-9-16)17(21)23-18(4,5)6/h14-16,19H,7-13H2,1-6H3. The lowest BCUT2D eigenvalue weighted by Crippen LogP contribution is -2.43.